The Balaban J connectivity index is 2.10. The lowest BCUT2D eigenvalue weighted by Crippen LogP contribution is -2.07. The van der Waals surface area contributed by atoms with E-state index in [4.69, 9.17) is 9.47 Å². The fraction of sp³-hybridized carbons (Fsp3) is 0.647. The Labute approximate surface area is 135 Å². The number of benzene rings is 1. The van der Waals surface area contributed by atoms with Crippen LogP contribution < -0.4 is 4.74 Å². The Kier molecular flexibility index (Phi) is 4.72. The minimum Gasteiger partial charge on any atom is -0.490 e. The van der Waals surface area contributed by atoms with Crippen molar-refractivity contribution < 1.29 is 14.6 Å². The fourth-order valence-corrected chi connectivity index (χ4v) is 3.79. The van der Waals surface area contributed by atoms with Gasteiger partial charge >= 0.3 is 0 Å². The lowest BCUT2D eigenvalue weighted by Gasteiger charge is -2.15. The van der Waals surface area contributed by atoms with E-state index in [0.717, 1.165) is 15.8 Å². The van der Waals surface area contributed by atoms with E-state index in [1.165, 1.54) is 0 Å². The number of hydrogen-bond donors (Lipinski definition) is 1. The molecule has 0 bridgehead atoms. The highest BCUT2D eigenvalue weighted by molar-refractivity contribution is 9.10. The zero-order chi connectivity index (χ0) is 15.8. The van der Waals surface area contributed by atoms with Crippen LogP contribution in [0.1, 0.15) is 39.4 Å². The highest BCUT2D eigenvalue weighted by Gasteiger charge is 2.67. The van der Waals surface area contributed by atoms with E-state index in [2.05, 4.69) is 43.6 Å². The Morgan fingerprint density at radius 3 is 2.29 bits per heavy atom. The molecule has 1 aliphatic carbocycles. The second-order valence-electron chi connectivity index (χ2n) is 6.90. The maximum atomic E-state index is 10.7. The Morgan fingerprint density at radius 2 is 1.81 bits per heavy atom. The molecule has 1 saturated carbocycles. The van der Waals surface area contributed by atoms with Gasteiger partial charge in [0.05, 0.1) is 17.2 Å². The van der Waals surface area contributed by atoms with Crippen molar-refractivity contribution >= 4 is 15.9 Å². The van der Waals surface area contributed by atoms with Crippen molar-refractivity contribution in [3.63, 3.8) is 0 Å². The van der Waals surface area contributed by atoms with Crippen LogP contribution in [0.25, 0.3) is 0 Å². The molecule has 118 valence electrons. The molecule has 1 aliphatic rings. The number of aliphatic hydroxyl groups is 1. The van der Waals surface area contributed by atoms with E-state index in [9.17, 15) is 5.11 Å². The molecule has 0 aromatic heterocycles. The first-order valence-electron chi connectivity index (χ1n) is 7.32. The molecule has 1 fully saturated rings. The highest BCUT2D eigenvalue weighted by Crippen LogP contribution is 2.72. The van der Waals surface area contributed by atoms with Gasteiger partial charge in [0, 0.05) is 13.0 Å². The number of rotatable bonds is 6. The first-order valence-corrected chi connectivity index (χ1v) is 8.12. The summed E-state index contributed by atoms with van der Waals surface area (Å²) in [5.74, 6) is 1.05. The highest BCUT2D eigenvalue weighted by atomic mass is 79.9. The third-order valence-electron chi connectivity index (χ3n) is 5.29. The average molecular weight is 357 g/mol. The van der Waals surface area contributed by atoms with Gasteiger partial charge in [-0.1, -0.05) is 33.8 Å². The first kappa shape index (κ1) is 16.8. The molecule has 2 rings (SSSR count). The largest absolute Gasteiger partial charge is 0.490 e. The van der Waals surface area contributed by atoms with E-state index in [1.54, 1.807) is 7.11 Å². The summed E-state index contributed by atoms with van der Waals surface area (Å²) in [4.78, 5) is 0. The predicted molar refractivity (Wildman–Crippen MR) is 87.5 cm³/mol. The summed E-state index contributed by atoms with van der Waals surface area (Å²) in [6, 6.07) is 5.81. The third kappa shape index (κ3) is 2.99. The quantitative estimate of drug-likeness (QED) is 0.776. The number of halogens is 1. The van der Waals surface area contributed by atoms with Gasteiger partial charge in [0.15, 0.2) is 0 Å². The summed E-state index contributed by atoms with van der Waals surface area (Å²) >= 11 is 3.52. The van der Waals surface area contributed by atoms with Crippen molar-refractivity contribution in [3.8, 4) is 5.75 Å². The van der Waals surface area contributed by atoms with E-state index in [-0.39, 0.29) is 16.7 Å². The molecule has 1 N–H and O–H groups in total. The summed E-state index contributed by atoms with van der Waals surface area (Å²) in [6.07, 6.45) is -0.445. The van der Waals surface area contributed by atoms with E-state index < -0.39 is 6.10 Å². The lowest BCUT2D eigenvalue weighted by atomic mass is 9.99. The van der Waals surface area contributed by atoms with Crippen LogP contribution in [0.5, 0.6) is 5.75 Å². The molecular formula is C17H25BrO3. The molecule has 3 nitrogen and oxygen atoms in total. The molecule has 1 atom stereocenters. The molecule has 1 aromatic rings. The van der Waals surface area contributed by atoms with Crippen LogP contribution in [-0.2, 0) is 4.74 Å². The Bertz CT molecular complexity index is 497. The van der Waals surface area contributed by atoms with Crippen LogP contribution in [0.2, 0.25) is 0 Å². The number of methoxy groups -OCH3 is 1. The summed E-state index contributed by atoms with van der Waals surface area (Å²) < 4.78 is 11.5. The summed E-state index contributed by atoms with van der Waals surface area (Å²) in [6.45, 7) is 9.95. The summed E-state index contributed by atoms with van der Waals surface area (Å²) in [5.41, 5.74) is 1.25. The van der Waals surface area contributed by atoms with Crippen LogP contribution in [0.3, 0.4) is 0 Å². The molecule has 4 heteroatoms. The van der Waals surface area contributed by atoms with Crippen molar-refractivity contribution in [2.24, 2.45) is 16.7 Å². The fourth-order valence-electron chi connectivity index (χ4n) is 3.28. The van der Waals surface area contributed by atoms with Crippen LogP contribution in [-0.4, -0.2) is 25.4 Å². The third-order valence-corrected chi connectivity index (χ3v) is 5.91. The standard InChI is InChI=1S/C17H25BrO3/c1-16(2)15(17(16,3)4)14(19)11-6-7-13(12(18)10-11)21-9-8-20-5/h6-7,10,14-15,19H,8-9H2,1-5H3. The molecule has 0 spiro atoms. The zero-order valence-corrected chi connectivity index (χ0v) is 15.0. The van der Waals surface area contributed by atoms with Crippen LogP contribution in [0, 0.1) is 16.7 Å². The normalized spacial score (nSPS) is 21.1. The van der Waals surface area contributed by atoms with Gasteiger partial charge in [0.25, 0.3) is 0 Å². The minimum absolute atomic E-state index is 0.159. The molecule has 0 heterocycles. The van der Waals surface area contributed by atoms with Gasteiger partial charge in [-0.05, 0) is 44.5 Å². The second-order valence-corrected chi connectivity index (χ2v) is 7.75. The molecule has 21 heavy (non-hydrogen) atoms. The maximum Gasteiger partial charge on any atom is 0.133 e. The van der Waals surface area contributed by atoms with Crippen molar-refractivity contribution in [2.45, 2.75) is 33.8 Å². The topological polar surface area (TPSA) is 38.7 Å². The van der Waals surface area contributed by atoms with Gasteiger partial charge in [0.2, 0.25) is 0 Å². The summed E-state index contributed by atoms with van der Waals surface area (Å²) in [5, 5.41) is 10.7. The molecule has 0 amide bonds. The molecule has 0 aliphatic heterocycles. The predicted octanol–water partition coefficient (Wildman–Crippen LogP) is 4.19. The van der Waals surface area contributed by atoms with Crippen molar-refractivity contribution in [1.82, 2.24) is 0 Å². The van der Waals surface area contributed by atoms with Crippen LogP contribution in [0.15, 0.2) is 22.7 Å². The van der Waals surface area contributed by atoms with E-state index in [0.29, 0.717) is 13.2 Å². The molecule has 0 radical (unpaired) electrons. The molecule has 0 saturated heterocycles. The van der Waals surface area contributed by atoms with Crippen molar-refractivity contribution in [3.05, 3.63) is 28.2 Å². The second kappa shape index (κ2) is 5.90. The zero-order valence-electron chi connectivity index (χ0n) is 13.4. The Morgan fingerprint density at radius 1 is 1.19 bits per heavy atom. The monoisotopic (exact) mass is 356 g/mol. The van der Waals surface area contributed by atoms with Gasteiger partial charge < -0.3 is 14.6 Å². The van der Waals surface area contributed by atoms with Crippen molar-refractivity contribution in [2.75, 3.05) is 20.3 Å². The van der Waals surface area contributed by atoms with Gasteiger partial charge in [0.1, 0.15) is 12.4 Å². The molecule has 1 aromatic carbocycles. The Hall–Kier alpha value is -0.580. The van der Waals surface area contributed by atoms with Gasteiger partial charge in [-0.2, -0.15) is 0 Å². The van der Waals surface area contributed by atoms with Crippen LogP contribution in [0.4, 0.5) is 0 Å². The number of aliphatic hydroxyl groups excluding tert-OH is 1. The van der Waals surface area contributed by atoms with E-state index >= 15 is 0 Å². The SMILES string of the molecule is COCCOc1ccc(C(O)C2C(C)(C)C2(C)C)cc1Br. The van der Waals surface area contributed by atoms with Crippen molar-refractivity contribution in [1.29, 1.82) is 0 Å². The first-order chi connectivity index (χ1) is 9.73. The molecular weight excluding hydrogens is 332 g/mol. The van der Waals surface area contributed by atoms with Gasteiger partial charge in [-0.3, -0.25) is 0 Å². The summed E-state index contributed by atoms with van der Waals surface area (Å²) in [7, 11) is 1.65. The number of hydrogen-bond acceptors (Lipinski definition) is 3. The van der Waals surface area contributed by atoms with E-state index in [1.807, 2.05) is 18.2 Å². The average Bonchev–Trinajstić information content (AvgIpc) is 2.81. The number of ether oxygens (including phenoxy) is 2. The van der Waals surface area contributed by atoms with Crippen LogP contribution >= 0.6 is 15.9 Å². The smallest absolute Gasteiger partial charge is 0.133 e. The lowest BCUT2D eigenvalue weighted by molar-refractivity contribution is 0.130. The minimum atomic E-state index is -0.445. The van der Waals surface area contributed by atoms with Gasteiger partial charge in [-0.25, -0.2) is 0 Å². The molecule has 1 unspecified atom stereocenters. The maximum absolute atomic E-state index is 10.7. The van der Waals surface area contributed by atoms with Gasteiger partial charge in [-0.15, -0.1) is 0 Å².